The van der Waals surface area contributed by atoms with Gasteiger partial charge in [0.1, 0.15) is 0 Å². The number of sulfonamides is 1. The summed E-state index contributed by atoms with van der Waals surface area (Å²) < 4.78 is 27.6. The number of amides is 1. The van der Waals surface area contributed by atoms with Crippen LogP contribution in [0.5, 0.6) is 0 Å². The van der Waals surface area contributed by atoms with Gasteiger partial charge in [-0.1, -0.05) is 23.7 Å². The van der Waals surface area contributed by atoms with Gasteiger partial charge in [-0.15, -0.1) is 0 Å². The first-order chi connectivity index (χ1) is 11.9. The first-order valence-electron chi connectivity index (χ1n) is 8.02. The molecule has 0 unspecified atom stereocenters. The van der Waals surface area contributed by atoms with Crippen molar-refractivity contribution >= 4 is 33.2 Å². The lowest BCUT2D eigenvalue weighted by Gasteiger charge is -2.15. The quantitative estimate of drug-likeness (QED) is 0.869. The van der Waals surface area contributed by atoms with E-state index in [2.05, 4.69) is 4.72 Å². The van der Waals surface area contributed by atoms with Gasteiger partial charge in [-0.3, -0.25) is 4.79 Å². The van der Waals surface area contributed by atoms with Crippen LogP contribution in [0.3, 0.4) is 0 Å². The molecule has 2 aromatic carbocycles. The summed E-state index contributed by atoms with van der Waals surface area (Å²) in [5, 5.41) is 0.655. The number of rotatable bonds is 5. The van der Waals surface area contributed by atoms with E-state index >= 15 is 0 Å². The van der Waals surface area contributed by atoms with Crippen molar-refractivity contribution in [1.82, 2.24) is 4.72 Å². The molecule has 1 N–H and O–H groups in total. The lowest BCUT2D eigenvalue weighted by Crippen LogP contribution is -2.26. The Morgan fingerprint density at radius 2 is 1.92 bits per heavy atom. The number of hydrogen-bond acceptors (Lipinski definition) is 3. The van der Waals surface area contributed by atoms with Crippen LogP contribution in [0.25, 0.3) is 0 Å². The normalized spacial score (nSPS) is 13.8. The molecule has 0 radical (unpaired) electrons. The van der Waals surface area contributed by atoms with E-state index in [0.29, 0.717) is 31.0 Å². The van der Waals surface area contributed by atoms with Gasteiger partial charge in [0.15, 0.2) is 0 Å². The lowest BCUT2D eigenvalue weighted by molar-refractivity contribution is -0.116. The number of benzene rings is 2. The molecule has 0 aromatic heterocycles. The van der Waals surface area contributed by atoms with Crippen molar-refractivity contribution in [1.29, 1.82) is 0 Å². The van der Waals surface area contributed by atoms with E-state index in [4.69, 9.17) is 11.6 Å². The number of nitrogens with one attached hydrogen (secondary N) is 1. The number of fused-ring (bicyclic) bond motifs is 1. The summed E-state index contributed by atoms with van der Waals surface area (Å²) in [6.45, 7) is 2.41. The molecule has 0 spiro atoms. The van der Waals surface area contributed by atoms with E-state index in [9.17, 15) is 13.2 Å². The van der Waals surface area contributed by atoms with E-state index in [1.807, 2.05) is 12.1 Å². The van der Waals surface area contributed by atoms with E-state index in [1.54, 1.807) is 35.2 Å². The molecular formula is C18H19ClN2O3S. The third kappa shape index (κ3) is 4.03. The molecular weight excluding hydrogens is 360 g/mol. The van der Waals surface area contributed by atoms with E-state index < -0.39 is 10.0 Å². The fourth-order valence-corrected chi connectivity index (χ4v) is 4.14. The second-order valence-corrected chi connectivity index (χ2v) is 8.19. The van der Waals surface area contributed by atoms with Gasteiger partial charge in [0.2, 0.25) is 15.9 Å². The van der Waals surface area contributed by atoms with Gasteiger partial charge in [0.05, 0.1) is 4.90 Å². The van der Waals surface area contributed by atoms with Crippen molar-refractivity contribution < 1.29 is 13.2 Å². The molecule has 132 valence electrons. The smallest absolute Gasteiger partial charge is 0.240 e. The number of carbonyl (C=O) groups is 1. The largest absolute Gasteiger partial charge is 0.312 e. The van der Waals surface area contributed by atoms with Crippen LogP contribution in [-0.4, -0.2) is 27.4 Å². The van der Waals surface area contributed by atoms with E-state index in [1.165, 1.54) is 6.92 Å². The Balaban J connectivity index is 1.68. The van der Waals surface area contributed by atoms with Gasteiger partial charge in [-0.2, -0.15) is 0 Å². The van der Waals surface area contributed by atoms with Crippen molar-refractivity contribution in [3.05, 3.63) is 58.6 Å². The zero-order valence-corrected chi connectivity index (χ0v) is 15.4. The lowest BCUT2D eigenvalue weighted by atomic mass is 10.2. The highest BCUT2D eigenvalue weighted by molar-refractivity contribution is 7.89. The SMILES string of the molecule is CC(=O)N1CCc2cc(S(=O)(=O)NCCc3ccc(Cl)cc3)ccc21. The first kappa shape index (κ1) is 17.9. The summed E-state index contributed by atoms with van der Waals surface area (Å²) in [7, 11) is -3.58. The predicted octanol–water partition coefficient (Wildman–Crippen LogP) is 2.77. The fourth-order valence-electron chi connectivity index (χ4n) is 2.94. The van der Waals surface area contributed by atoms with Crippen molar-refractivity contribution in [2.45, 2.75) is 24.7 Å². The summed E-state index contributed by atoms with van der Waals surface area (Å²) in [5.74, 6) is -0.0320. The number of carbonyl (C=O) groups excluding carboxylic acids is 1. The summed E-state index contributed by atoms with van der Waals surface area (Å²) in [6.07, 6.45) is 1.25. The maximum Gasteiger partial charge on any atom is 0.240 e. The Morgan fingerprint density at radius 1 is 1.20 bits per heavy atom. The number of nitrogens with zero attached hydrogens (tertiary/aromatic N) is 1. The van der Waals surface area contributed by atoms with Gasteiger partial charge in [-0.25, -0.2) is 13.1 Å². The second kappa shape index (κ2) is 7.15. The zero-order chi connectivity index (χ0) is 18.0. The van der Waals surface area contributed by atoms with E-state index in [0.717, 1.165) is 16.8 Å². The third-order valence-corrected chi connectivity index (χ3v) is 5.97. The Kier molecular flexibility index (Phi) is 5.13. The van der Waals surface area contributed by atoms with Crippen molar-refractivity contribution in [3.63, 3.8) is 0 Å². The van der Waals surface area contributed by atoms with Crippen molar-refractivity contribution in [3.8, 4) is 0 Å². The minimum Gasteiger partial charge on any atom is -0.312 e. The molecule has 25 heavy (non-hydrogen) atoms. The third-order valence-electron chi connectivity index (χ3n) is 4.26. The van der Waals surface area contributed by atoms with Crippen LogP contribution >= 0.6 is 11.6 Å². The number of anilines is 1. The Labute approximate surface area is 152 Å². The Bertz CT molecular complexity index is 895. The highest BCUT2D eigenvalue weighted by Crippen LogP contribution is 2.30. The van der Waals surface area contributed by atoms with Crippen LogP contribution in [0, 0.1) is 0 Å². The molecule has 1 amide bonds. The topological polar surface area (TPSA) is 66.5 Å². The molecule has 5 nitrogen and oxygen atoms in total. The molecule has 1 aliphatic rings. The Hall–Kier alpha value is -1.89. The maximum absolute atomic E-state index is 12.5. The predicted molar refractivity (Wildman–Crippen MR) is 98.5 cm³/mol. The molecule has 2 aromatic rings. The van der Waals surface area contributed by atoms with E-state index in [-0.39, 0.29) is 10.8 Å². The second-order valence-electron chi connectivity index (χ2n) is 5.99. The van der Waals surface area contributed by atoms with Crippen LogP contribution in [0.1, 0.15) is 18.1 Å². The summed E-state index contributed by atoms with van der Waals surface area (Å²) in [4.78, 5) is 13.5. The summed E-state index contributed by atoms with van der Waals surface area (Å²) in [6, 6.07) is 12.2. The average Bonchev–Trinajstić information content (AvgIpc) is 3.00. The maximum atomic E-state index is 12.5. The average molecular weight is 379 g/mol. The van der Waals surface area contributed by atoms with Crippen molar-refractivity contribution in [2.24, 2.45) is 0 Å². The van der Waals surface area contributed by atoms with Crippen LogP contribution < -0.4 is 9.62 Å². The van der Waals surface area contributed by atoms with Crippen molar-refractivity contribution in [2.75, 3.05) is 18.0 Å². The molecule has 0 atom stereocenters. The monoisotopic (exact) mass is 378 g/mol. The molecule has 0 saturated heterocycles. The van der Waals surface area contributed by atoms with Crippen LogP contribution in [0.2, 0.25) is 5.02 Å². The molecule has 3 rings (SSSR count). The van der Waals surface area contributed by atoms with Gasteiger partial charge in [-0.05, 0) is 54.3 Å². The molecule has 0 fully saturated rings. The standard InChI is InChI=1S/C18H19ClN2O3S/c1-13(22)21-11-9-15-12-17(6-7-18(15)21)25(23,24)20-10-8-14-2-4-16(19)5-3-14/h2-7,12,20H,8-11H2,1H3. The van der Waals surface area contributed by atoms with Crippen LogP contribution in [0.4, 0.5) is 5.69 Å². The molecule has 7 heteroatoms. The first-order valence-corrected chi connectivity index (χ1v) is 9.88. The van der Waals surface area contributed by atoms with Crippen LogP contribution in [0.15, 0.2) is 47.4 Å². The molecule has 0 bridgehead atoms. The minimum absolute atomic E-state index is 0.0320. The van der Waals surface area contributed by atoms with Gasteiger partial charge < -0.3 is 4.90 Å². The Morgan fingerprint density at radius 3 is 2.60 bits per heavy atom. The highest BCUT2D eigenvalue weighted by Gasteiger charge is 2.24. The summed E-state index contributed by atoms with van der Waals surface area (Å²) >= 11 is 5.84. The molecule has 0 saturated carbocycles. The molecule has 1 aliphatic heterocycles. The number of hydrogen-bond donors (Lipinski definition) is 1. The summed E-state index contributed by atoms with van der Waals surface area (Å²) in [5.41, 5.74) is 2.70. The van der Waals surface area contributed by atoms with Gasteiger partial charge in [0, 0.05) is 30.7 Å². The number of halogens is 1. The molecule has 1 heterocycles. The highest BCUT2D eigenvalue weighted by atomic mass is 35.5. The van der Waals surface area contributed by atoms with Crippen LogP contribution in [-0.2, 0) is 27.7 Å². The fraction of sp³-hybridized carbons (Fsp3) is 0.278. The van der Waals surface area contributed by atoms with Gasteiger partial charge >= 0.3 is 0 Å². The minimum atomic E-state index is -3.58. The zero-order valence-electron chi connectivity index (χ0n) is 13.8. The molecule has 0 aliphatic carbocycles. The van der Waals surface area contributed by atoms with Gasteiger partial charge in [0.25, 0.3) is 0 Å².